The second kappa shape index (κ2) is 6.28. The number of hydrogen-bond donors (Lipinski definition) is 2. The van der Waals surface area contributed by atoms with E-state index in [4.69, 9.17) is 9.63 Å². The van der Waals surface area contributed by atoms with Crippen molar-refractivity contribution >= 4 is 27.5 Å². The van der Waals surface area contributed by atoms with E-state index in [0.717, 1.165) is 11.5 Å². The second-order valence-corrected chi connectivity index (χ2v) is 6.43. The molecule has 11 heteroatoms. The number of carbonyl (C=O) groups is 1. The first kappa shape index (κ1) is 15.5. The summed E-state index contributed by atoms with van der Waals surface area (Å²) >= 11 is 0.777. The molecule has 0 aliphatic rings. The second-order valence-electron chi connectivity index (χ2n) is 4.07. The van der Waals surface area contributed by atoms with E-state index in [0.29, 0.717) is 24.6 Å². The van der Waals surface area contributed by atoms with Gasteiger partial charge in [0.05, 0.1) is 0 Å². The number of rotatable bonds is 7. The van der Waals surface area contributed by atoms with Gasteiger partial charge >= 0.3 is 5.97 Å². The molecule has 9 nitrogen and oxygen atoms in total. The summed E-state index contributed by atoms with van der Waals surface area (Å²) < 4.78 is 34.7. The standard InChI is InChI=1S/C10H12N4O5S2/c1-6-12-8(19-13-6)3-2-4-11-21(17,18)7-5-20-14-9(7)10(15)16/h5,11H,2-4H2,1H3,(H,15,16). The van der Waals surface area contributed by atoms with Crippen LogP contribution >= 0.6 is 11.5 Å². The highest BCUT2D eigenvalue weighted by Gasteiger charge is 2.24. The number of carboxylic acid groups (broad SMARTS) is 1. The highest BCUT2D eigenvalue weighted by Crippen LogP contribution is 2.16. The number of hydrogen-bond acceptors (Lipinski definition) is 8. The molecule has 0 spiro atoms. The number of carboxylic acids is 1. The van der Waals surface area contributed by atoms with E-state index in [2.05, 4.69) is 19.2 Å². The average molecular weight is 332 g/mol. The Balaban J connectivity index is 1.92. The van der Waals surface area contributed by atoms with Gasteiger partial charge in [-0.05, 0) is 24.9 Å². The fourth-order valence-electron chi connectivity index (χ4n) is 1.53. The average Bonchev–Trinajstić information content (AvgIpc) is 3.03. The normalized spacial score (nSPS) is 11.7. The van der Waals surface area contributed by atoms with Gasteiger partial charge in [0.2, 0.25) is 15.9 Å². The number of aromatic nitrogens is 3. The van der Waals surface area contributed by atoms with E-state index >= 15 is 0 Å². The van der Waals surface area contributed by atoms with Crippen LogP contribution in [0.1, 0.15) is 28.6 Å². The Labute approximate surface area is 124 Å². The highest BCUT2D eigenvalue weighted by atomic mass is 32.2. The van der Waals surface area contributed by atoms with Crippen LogP contribution in [0.15, 0.2) is 14.8 Å². The summed E-state index contributed by atoms with van der Waals surface area (Å²) in [7, 11) is -3.89. The molecule has 0 radical (unpaired) electrons. The summed E-state index contributed by atoms with van der Waals surface area (Å²) in [4.78, 5) is 14.5. The Morgan fingerprint density at radius 1 is 1.52 bits per heavy atom. The number of aryl methyl sites for hydroxylation is 2. The van der Waals surface area contributed by atoms with Crippen LogP contribution in [0, 0.1) is 6.92 Å². The minimum atomic E-state index is -3.89. The van der Waals surface area contributed by atoms with Crippen molar-refractivity contribution in [1.82, 2.24) is 19.2 Å². The maximum atomic E-state index is 12.0. The molecule has 21 heavy (non-hydrogen) atoms. The van der Waals surface area contributed by atoms with Crippen LogP contribution in [0.5, 0.6) is 0 Å². The van der Waals surface area contributed by atoms with E-state index in [1.165, 1.54) is 5.38 Å². The van der Waals surface area contributed by atoms with E-state index in [9.17, 15) is 13.2 Å². The molecule has 0 aliphatic heterocycles. The van der Waals surface area contributed by atoms with Gasteiger partial charge in [-0.15, -0.1) is 0 Å². The van der Waals surface area contributed by atoms with Crippen LogP contribution in [0.4, 0.5) is 0 Å². The molecule has 0 atom stereocenters. The van der Waals surface area contributed by atoms with E-state index < -0.39 is 21.7 Å². The van der Waals surface area contributed by atoms with Gasteiger partial charge in [-0.25, -0.2) is 17.9 Å². The van der Waals surface area contributed by atoms with Crippen molar-refractivity contribution in [3.05, 3.63) is 22.8 Å². The van der Waals surface area contributed by atoms with E-state index in [1.807, 2.05) is 0 Å². The summed E-state index contributed by atoms with van der Waals surface area (Å²) in [5, 5.41) is 13.7. The molecule has 0 saturated carbocycles. The Morgan fingerprint density at radius 3 is 2.90 bits per heavy atom. The van der Waals surface area contributed by atoms with Crippen molar-refractivity contribution in [2.24, 2.45) is 0 Å². The molecular formula is C10H12N4O5S2. The lowest BCUT2D eigenvalue weighted by molar-refractivity contribution is 0.0687. The van der Waals surface area contributed by atoms with E-state index in [1.54, 1.807) is 6.92 Å². The molecule has 0 saturated heterocycles. The van der Waals surface area contributed by atoms with Crippen LogP contribution in [-0.4, -0.2) is 40.6 Å². The minimum Gasteiger partial charge on any atom is -0.476 e. The monoisotopic (exact) mass is 332 g/mol. The zero-order chi connectivity index (χ0) is 15.5. The molecular weight excluding hydrogens is 320 g/mol. The SMILES string of the molecule is Cc1noc(CCCNS(=O)(=O)c2csnc2C(=O)O)n1. The molecule has 2 N–H and O–H groups in total. The molecule has 0 bridgehead atoms. The Hall–Kier alpha value is -1.85. The van der Waals surface area contributed by atoms with Crippen molar-refractivity contribution in [3.63, 3.8) is 0 Å². The maximum absolute atomic E-state index is 12.0. The van der Waals surface area contributed by atoms with Gasteiger partial charge in [0.1, 0.15) is 4.90 Å². The van der Waals surface area contributed by atoms with Gasteiger partial charge in [-0.3, -0.25) is 0 Å². The molecule has 2 aromatic rings. The fourth-order valence-corrected chi connectivity index (χ4v) is 3.72. The Kier molecular flexibility index (Phi) is 4.65. The Bertz CT molecular complexity index is 736. The summed E-state index contributed by atoms with van der Waals surface area (Å²) in [6.45, 7) is 1.81. The number of sulfonamides is 1. The van der Waals surface area contributed by atoms with Crippen molar-refractivity contribution in [3.8, 4) is 0 Å². The van der Waals surface area contributed by atoms with Gasteiger partial charge in [-0.1, -0.05) is 5.16 Å². The largest absolute Gasteiger partial charge is 0.476 e. The lowest BCUT2D eigenvalue weighted by Gasteiger charge is -2.04. The van der Waals surface area contributed by atoms with Crippen LogP contribution in [-0.2, 0) is 16.4 Å². The summed E-state index contributed by atoms with van der Waals surface area (Å²) in [6.07, 6.45) is 0.873. The molecule has 0 aromatic carbocycles. The lowest BCUT2D eigenvalue weighted by atomic mass is 10.3. The zero-order valence-corrected chi connectivity index (χ0v) is 12.6. The van der Waals surface area contributed by atoms with Crippen molar-refractivity contribution in [2.45, 2.75) is 24.7 Å². The maximum Gasteiger partial charge on any atom is 0.357 e. The van der Waals surface area contributed by atoms with Crippen LogP contribution in [0.3, 0.4) is 0 Å². The third kappa shape index (κ3) is 3.83. The smallest absolute Gasteiger partial charge is 0.357 e. The van der Waals surface area contributed by atoms with E-state index in [-0.39, 0.29) is 11.4 Å². The molecule has 2 rings (SSSR count). The molecule has 0 unspecified atom stereocenters. The molecule has 0 amide bonds. The first-order valence-corrected chi connectivity index (χ1v) is 8.18. The third-order valence-corrected chi connectivity index (χ3v) is 4.71. The predicted molar refractivity (Wildman–Crippen MR) is 71.6 cm³/mol. The summed E-state index contributed by atoms with van der Waals surface area (Å²) in [5.74, 6) is -0.436. The Morgan fingerprint density at radius 2 is 2.29 bits per heavy atom. The van der Waals surface area contributed by atoms with Crippen LogP contribution in [0.25, 0.3) is 0 Å². The van der Waals surface area contributed by atoms with Crippen molar-refractivity contribution in [1.29, 1.82) is 0 Å². The van der Waals surface area contributed by atoms with Gasteiger partial charge < -0.3 is 9.63 Å². The van der Waals surface area contributed by atoms with Crippen molar-refractivity contribution in [2.75, 3.05) is 6.54 Å². The quantitative estimate of drug-likeness (QED) is 0.697. The van der Waals surface area contributed by atoms with Gasteiger partial charge in [0.25, 0.3) is 0 Å². The highest BCUT2D eigenvalue weighted by molar-refractivity contribution is 7.89. The molecule has 0 aliphatic carbocycles. The van der Waals surface area contributed by atoms with Crippen LogP contribution < -0.4 is 4.72 Å². The number of nitrogens with one attached hydrogen (secondary N) is 1. The van der Waals surface area contributed by atoms with Gasteiger partial charge in [0, 0.05) is 18.3 Å². The molecule has 114 valence electrons. The molecule has 2 heterocycles. The molecule has 2 aromatic heterocycles. The first-order valence-electron chi connectivity index (χ1n) is 5.86. The third-order valence-electron chi connectivity index (χ3n) is 2.46. The molecule has 0 fully saturated rings. The fraction of sp³-hybridized carbons (Fsp3) is 0.400. The topological polar surface area (TPSA) is 135 Å². The summed E-state index contributed by atoms with van der Waals surface area (Å²) in [5.41, 5.74) is -0.472. The predicted octanol–water partition coefficient (Wildman–Crippen LogP) is 0.444. The minimum absolute atomic E-state index is 0.124. The number of aromatic carboxylic acids is 1. The first-order chi connectivity index (χ1) is 9.90. The van der Waals surface area contributed by atoms with Crippen molar-refractivity contribution < 1.29 is 22.8 Å². The summed E-state index contributed by atoms with van der Waals surface area (Å²) in [6, 6.07) is 0. The number of nitrogens with zero attached hydrogens (tertiary/aromatic N) is 3. The van der Waals surface area contributed by atoms with Crippen LogP contribution in [0.2, 0.25) is 0 Å². The van der Waals surface area contributed by atoms with Gasteiger partial charge in [-0.2, -0.15) is 9.36 Å². The zero-order valence-electron chi connectivity index (χ0n) is 10.9. The van der Waals surface area contributed by atoms with Gasteiger partial charge in [0.15, 0.2) is 11.5 Å². The lowest BCUT2D eigenvalue weighted by Crippen LogP contribution is -2.26.